The maximum absolute atomic E-state index is 11.6. The maximum Gasteiger partial charge on any atom is 0.305 e. The molecule has 7 nitrogen and oxygen atoms in total. The van der Waals surface area contributed by atoms with Crippen LogP contribution >= 0.6 is 11.3 Å². The molecule has 0 N–H and O–H groups in total. The molecule has 0 bridgehead atoms. The fourth-order valence-electron chi connectivity index (χ4n) is 2.07. The fraction of sp³-hybridized carbons (Fsp3) is 0.286. The smallest absolute Gasteiger partial charge is 0.305 e. The van der Waals surface area contributed by atoms with Crippen LogP contribution in [0.15, 0.2) is 39.4 Å². The molecule has 0 spiro atoms. The molecule has 1 heterocycles. The zero-order chi connectivity index (χ0) is 18.1. The van der Waals surface area contributed by atoms with Crippen molar-refractivity contribution in [2.45, 2.75) is 15.6 Å². The molecule has 2 rings (SSSR count). The Morgan fingerprint density at radius 2 is 1.88 bits per heavy atom. The highest BCUT2D eigenvalue weighted by atomic mass is 32.2. The van der Waals surface area contributed by atoms with Crippen LogP contribution in [0, 0.1) is 10.1 Å². The lowest BCUT2D eigenvalue weighted by Crippen LogP contribution is -2.16. The lowest BCUT2D eigenvalue weighted by Gasteiger charge is -2.16. The summed E-state index contributed by atoms with van der Waals surface area (Å²) in [6, 6.07) is 8.16. The van der Waals surface area contributed by atoms with Gasteiger partial charge in [0.2, 0.25) is 0 Å². The Labute approximate surface area is 146 Å². The monoisotopic (exact) mass is 388 g/mol. The first kappa shape index (κ1) is 18.6. The van der Waals surface area contributed by atoms with Gasteiger partial charge in [0.05, 0.1) is 4.92 Å². The molecule has 24 heavy (non-hydrogen) atoms. The van der Waals surface area contributed by atoms with Crippen LogP contribution in [0.3, 0.4) is 0 Å². The van der Waals surface area contributed by atoms with E-state index < -0.39 is 25.6 Å². The molecule has 0 amide bonds. The fourth-order valence-corrected chi connectivity index (χ4v) is 4.58. The second kappa shape index (κ2) is 6.99. The van der Waals surface area contributed by atoms with E-state index in [1.54, 1.807) is 42.5 Å². The van der Waals surface area contributed by atoms with Crippen molar-refractivity contribution in [1.29, 1.82) is 0 Å². The average molecular weight is 388 g/mol. The van der Waals surface area contributed by atoms with Gasteiger partial charge >= 0.3 is 5.69 Å². The van der Waals surface area contributed by atoms with Gasteiger partial charge in [-0.1, -0.05) is 23.5 Å². The Bertz CT molecular complexity index is 888. The minimum atomic E-state index is -3.51. The predicted octanol–water partition coefficient (Wildman–Crippen LogP) is 2.43. The molecule has 0 aliphatic heterocycles. The summed E-state index contributed by atoms with van der Waals surface area (Å²) in [6.07, 6.45) is 2.61. The third kappa shape index (κ3) is 4.19. The summed E-state index contributed by atoms with van der Waals surface area (Å²) in [5, 5.41) is 11.5. The summed E-state index contributed by atoms with van der Waals surface area (Å²) in [5.74, 6) is 0. The molecular formula is C14H16N2O5S3. The SMILES string of the molecule is CN(Cc1ccc(S(C)=O)cc1)c1sc(S(C)(=O)=O)cc1[N+](=O)[O-]. The molecule has 1 unspecified atom stereocenters. The Morgan fingerprint density at radius 3 is 2.33 bits per heavy atom. The third-order valence-corrected chi connectivity index (χ3v) is 7.23. The first-order valence-electron chi connectivity index (χ1n) is 6.71. The van der Waals surface area contributed by atoms with Crippen molar-refractivity contribution < 1.29 is 17.6 Å². The number of benzene rings is 1. The number of nitrogens with zero attached hydrogens (tertiary/aromatic N) is 2. The second-order valence-electron chi connectivity index (χ2n) is 5.24. The molecule has 0 saturated carbocycles. The zero-order valence-electron chi connectivity index (χ0n) is 13.3. The number of thiophene rings is 1. The molecule has 0 fully saturated rings. The molecule has 1 aromatic carbocycles. The number of sulfone groups is 1. The quantitative estimate of drug-likeness (QED) is 0.557. The van der Waals surface area contributed by atoms with Crippen LogP contribution < -0.4 is 4.90 Å². The molecule has 1 atom stereocenters. The molecule has 10 heteroatoms. The topological polar surface area (TPSA) is 97.6 Å². The molecule has 0 aliphatic rings. The Morgan fingerprint density at radius 1 is 1.29 bits per heavy atom. The number of anilines is 1. The van der Waals surface area contributed by atoms with E-state index in [2.05, 4.69) is 0 Å². The number of rotatable bonds is 6. The Hall–Kier alpha value is -1.78. The zero-order valence-corrected chi connectivity index (χ0v) is 15.7. The molecule has 1 aromatic heterocycles. The molecule has 0 radical (unpaired) electrons. The Balaban J connectivity index is 2.32. The average Bonchev–Trinajstić information content (AvgIpc) is 2.93. The largest absolute Gasteiger partial charge is 0.357 e. The van der Waals surface area contributed by atoms with E-state index in [1.165, 1.54) is 0 Å². The highest BCUT2D eigenvalue weighted by molar-refractivity contribution is 7.92. The highest BCUT2D eigenvalue weighted by Crippen LogP contribution is 2.39. The van der Waals surface area contributed by atoms with Crippen LogP contribution in [-0.2, 0) is 27.2 Å². The van der Waals surface area contributed by atoms with E-state index in [9.17, 15) is 22.7 Å². The summed E-state index contributed by atoms with van der Waals surface area (Å²) >= 11 is 0.878. The first-order chi connectivity index (χ1) is 11.1. The van der Waals surface area contributed by atoms with Gasteiger partial charge in [-0.2, -0.15) is 0 Å². The van der Waals surface area contributed by atoms with E-state index >= 15 is 0 Å². The van der Waals surface area contributed by atoms with E-state index in [1.807, 2.05) is 0 Å². The standard InChI is InChI=1S/C14H16N2O5S3/c1-15(9-10-4-6-11(7-5-10)23(2)19)14-12(16(17)18)8-13(22-14)24(3,20)21/h4-8H,9H2,1-3H3. The van der Waals surface area contributed by atoms with Gasteiger partial charge in [-0.3, -0.25) is 14.3 Å². The molecule has 2 aromatic rings. The number of hydrogen-bond acceptors (Lipinski definition) is 7. The summed E-state index contributed by atoms with van der Waals surface area (Å²) < 4.78 is 34.6. The van der Waals surface area contributed by atoms with Gasteiger partial charge in [0, 0.05) is 47.9 Å². The van der Waals surface area contributed by atoms with Gasteiger partial charge in [0.15, 0.2) is 14.8 Å². The minimum absolute atomic E-state index is 0.0345. The molecular weight excluding hydrogens is 372 g/mol. The minimum Gasteiger partial charge on any atom is -0.357 e. The van der Waals surface area contributed by atoms with Crippen molar-refractivity contribution in [3.8, 4) is 0 Å². The van der Waals surface area contributed by atoms with Gasteiger partial charge in [0.25, 0.3) is 0 Å². The van der Waals surface area contributed by atoms with Crippen molar-refractivity contribution >= 4 is 42.7 Å². The first-order valence-corrected chi connectivity index (χ1v) is 11.0. The van der Waals surface area contributed by atoms with E-state index in [4.69, 9.17) is 0 Å². The van der Waals surface area contributed by atoms with Crippen molar-refractivity contribution in [2.75, 3.05) is 24.5 Å². The molecule has 0 aliphatic carbocycles. The summed E-state index contributed by atoms with van der Waals surface area (Å²) in [5.41, 5.74) is 0.643. The van der Waals surface area contributed by atoms with Crippen LogP contribution in [-0.4, -0.2) is 37.1 Å². The second-order valence-corrected chi connectivity index (χ2v) is 9.89. The van der Waals surface area contributed by atoms with Crippen molar-refractivity contribution in [3.63, 3.8) is 0 Å². The summed E-state index contributed by atoms with van der Waals surface area (Å²) in [4.78, 5) is 12.9. The van der Waals surface area contributed by atoms with Crippen LogP contribution in [0.25, 0.3) is 0 Å². The van der Waals surface area contributed by atoms with E-state index in [0.717, 1.165) is 29.2 Å². The molecule has 130 valence electrons. The van der Waals surface area contributed by atoms with Gasteiger partial charge in [-0.15, -0.1) is 0 Å². The maximum atomic E-state index is 11.6. The summed E-state index contributed by atoms with van der Waals surface area (Å²) in [7, 11) is -2.91. The van der Waals surface area contributed by atoms with E-state index in [-0.39, 0.29) is 14.9 Å². The summed E-state index contributed by atoms with van der Waals surface area (Å²) in [6.45, 7) is 0.362. The van der Waals surface area contributed by atoms with Gasteiger partial charge < -0.3 is 4.90 Å². The van der Waals surface area contributed by atoms with Crippen LogP contribution in [0.2, 0.25) is 0 Å². The normalized spacial score (nSPS) is 12.8. The Kier molecular flexibility index (Phi) is 5.41. The lowest BCUT2D eigenvalue weighted by atomic mass is 10.2. The number of hydrogen-bond donors (Lipinski definition) is 0. The molecule has 0 saturated heterocycles. The van der Waals surface area contributed by atoms with Crippen LogP contribution in [0.5, 0.6) is 0 Å². The van der Waals surface area contributed by atoms with Crippen LogP contribution in [0.4, 0.5) is 10.7 Å². The third-order valence-electron chi connectivity index (χ3n) is 3.25. The number of nitro groups is 1. The van der Waals surface area contributed by atoms with Crippen molar-refractivity contribution in [2.24, 2.45) is 0 Å². The van der Waals surface area contributed by atoms with Crippen LogP contribution in [0.1, 0.15) is 5.56 Å². The van der Waals surface area contributed by atoms with Gasteiger partial charge in [-0.25, -0.2) is 8.42 Å². The lowest BCUT2D eigenvalue weighted by molar-refractivity contribution is -0.383. The predicted molar refractivity (Wildman–Crippen MR) is 95.0 cm³/mol. The van der Waals surface area contributed by atoms with Gasteiger partial charge in [-0.05, 0) is 17.7 Å². The van der Waals surface area contributed by atoms with E-state index in [0.29, 0.717) is 11.4 Å². The van der Waals surface area contributed by atoms with Crippen molar-refractivity contribution in [1.82, 2.24) is 0 Å². The van der Waals surface area contributed by atoms with Crippen molar-refractivity contribution in [3.05, 3.63) is 46.0 Å². The highest BCUT2D eigenvalue weighted by Gasteiger charge is 2.26. The van der Waals surface area contributed by atoms with Gasteiger partial charge in [0.1, 0.15) is 4.21 Å².